The number of hydrogen-bond acceptors (Lipinski definition) is 3. The molecule has 5 nitrogen and oxygen atoms in total. The van der Waals surface area contributed by atoms with Gasteiger partial charge in [0, 0.05) is 24.3 Å². The third-order valence-electron chi connectivity index (χ3n) is 4.36. The van der Waals surface area contributed by atoms with Gasteiger partial charge in [-0.25, -0.2) is 0 Å². The normalized spacial score (nSPS) is 11.9. The van der Waals surface area contributed by atoms with Gasteiger partial charge < -0.3 is 10.6 Å². The summed E-state index contributed by atoms with van der Waals surface area (Å²) >= 11 is 0. The summed E-state index contributed by atoms with van der Waals surface area (Å²) in [5.74, 6) is -0.0992. The van der Waals surface area contributed by atoms with Crippen molar-refractivity contribution in [2.24, 2.45) is 0 Å². The van der Waals surface area contributed by atoms with Crippen LogP contribution in [0.1, 0.15) is 29.8 Å². The average Bonchev–Trinajstić information content (AvgIpc) is 3.12. The van der Waals surface area contributed by atoms with Gasteiger partial charge in [0.2, 0.25) is 0 Å². The smallest absolute Gasteiger partial charge is 0.255 e. The molecule has 2 N–H and O–H groups in total. The lowest BCUT2D eigenvalue weighted by molar-refractivity contribution is 0.0951. The summed E-state index contributed by atoms with van der Waals surface area (Å²) in [7, 11) is 0. The predicted molar refractivity (Wildman–Crippen MR) is 109 cm³/mol. The van der Waals surface area contributed by atoms with E-state index in [0.717, 1.165) is 17.7 Å². The van der Waals surface area contributed by atoms with E-state index in [4.69, 9.17) is 5.10 Å². The van der Waals surface area contributed by atoms with Crippen LogP contribution < -0.4 is 10.6 Å². The van der Waals surface area contributed by atoms with Crippen molar-refractivity contribution in [3.05, 3.63) is 78.0 Å². The molecule has 140 valence electrons. The number of carbonyl (C=O) groups excluding carboxylic acids is 1. The molecule has 0 spiro atoms. The summed E-state index contributed by atoms with van der Waals surface area (Å²) in [6.45, 7) is 6.19. The van der Waals surface area contributed by atoms with Gasteiger partial charge in [0.05, 0.1) is 12.1 Å². The third-order valence-corrected chi connectivity index (χ3v) is 4.36. The summed E-state index contributed by atoms with van der Waals surface area (Å²) in [6.07, 6.45) is 1.84. The minimum atomic E-state index is -0.0992. The lowest BCUT2D eigenvalue weighted by atomic mass is 10.1. The fourth-order valence-electron chi connectivity index (χ4n) is 3.01. The molecule has 0 aliphatic carbocycles. The van der Waals surface area contributed by atoms with Gasteiger partial charge in [0.15, 0.2) is 0 Å². The highest BCUT2D eigenvalue weighted by Crippen LogP contribution is 2.22. The van der Waals surface area contributed by atoms with Crippen molar-refractivity contribution < 1.29 is 4.79 Å². The van der Waals surface area contributed by atoms with E-state index in [-0.39, 0.29) is 11.9 Å². The quantitative estimate of drug-likeness (QED) is 0.646. The standard InChI is InChI=1S/C22H26N4O/c1-3-23-17(2)14-24-22(27)20-16-26(15-18-10-6-4-7-11-18)25-21(20)19-12-8-5-9-13-19/h4-13,16-17,23H,3,14-15H2,1-2H3,(H,24,27)/t17-/m1/s1. The number of rotatable bonds is 8. The Morgan fingerprint density at radius 3 is 2.41 bits per heavy atom. The Morgan fingerprint density at radius 1 is 1.07 bits per heavy atom. The van der Waals surface area contributed by atoms with Crippen molar-refractivity contribution in [3.63, 3.8) is 0 Å². The summed E-state index contributed by atoms with van der Waals surface area (Å²) in [4.78, 5) is 12.8. The first-order valence-corrected chi connectivity index (χ1v) is 9.35. The Kier molecular flexibility index (Phi) is 6.39. The van der Waals surface area contributed by atoms with Crippen LogP contribution >= 0.6 is 0 Å². The van der Waals surface area contributed by atoms with Crippen LogP contribution in [0, 0.1) is 0 Å². The number of carbonyl (C=O) groups is 1. The first kappa shape index (κ1) is 18.9. The van der Waals surface area contributed by atoms with Gasteiger partial charge in [0.25, 0.3) is 5.91 Å². The maximum Gasteiger partial charge on any atom is 0.255 e. The van der Waals surface area contributed by atoms with Gasteiger partial charge in [-0.05, 0) is 19.0 Å². The van der Waals surface area contributed by atoms with Gasteiger partial charge in [-0.2, -0.15) is 5.10 Å². The molecule has 1 atom stereocenters. The molecule has 1 amide bonds. The summed E-state index contributed by atoms with van der Waals surface area (Å²) < 4.78 is 1.83. The molecule has 0 saturated heterocycles. The van der Waals surface area contributed by atoms with E-state index in [0.29, 0.717) is 24.3 Å². The molecule has 1 heterocycles. The van der Waals surface area contributed by atoms with Crippen LogP contribution in [0.3, 0.4) is 0 Å². The van der Waals surface area contributed by atoms with Crippen molar-refractivity contribution in [2.75, 3.05) is 13.1 Å². The first-order valence-electron chi connectivity index (χ1n) is 9.35. The second-order valence-corrected chi connectivity index (χ2v) is 6.61. The Bertz CT molecular complexity index is 859. The topological polar surface area (TPSA) is 58.9 Å². The van der Waals surface area contributed by atoms with Crippen LogP contribution in [-0.2, 0) is 6.54 Å². The highest BCUT2D eigenvalue weighted by molar-refractivity contribution is 5.99. The number of hydrogen-bond donors (Lipinski definition) is 2. The van der Waals surface area contributed by atoms with Crippen molar-refractivity contribution in [3.8, 4) is 11.3 Å². The van der Waals surface area contributed by atoms with Gasteiger partial charge in [0.1, 0.15) is 5.69 Å². The van der Waals surface area contributed by atoms with Crippen LogP contribution in [-0.4, -0.2) is 34.8 Å². The lowest BCUT2D eigenvalue weighted by Crippen LogP contribution is -2.38. The van der Waals surface area contributed by atoms with Gasteiger partial charge in [-0.1, -0.05) is 67.6 Å². The van der Waals surface area contributed by atoms with Crippen molar-refractivity contribution in [2.45, 2.75) is 26.4 Å². The van der Waals surface area contributed by atoms with E-state index < -0.39 is 0 Å². The number of nitrogens with zero attached hydrogens (tertiary/aromatic N) is 2. The fraction of sp³-hybridized carbons (Fsp3) is 0.273. The fourth-order valence-corrected chi connectivity index (χ4v) is 3.01. The molecule has 3 aromatic rings. The Balaban J connectivity index is 1.85. The average molecular weight is 362 g/mol. The van der Waals surface area contributed by atoms with E-state index in [9.17, 15) is 4.79 Å². The minimum Gasteiger partial charge on any atom is -0.350 e. The van der Waals surface area contributed by atoms with Crippen molar-refractivity contribution in [1.82, 2.24) is 20.4 Å². The molecule has 0 fully saturated rings. The van der Waals surface area contributed by atoms with Crippen LogP contribution in [0.25, 0.3) is 11.3 Å². The Labute approximate surface area is 160 Å². The molecule has 3 rings (SSSR count). The molecule has 5 heteroatoms. The minimum absolute atomic E-state index is 0.0992. The molecule has 0 radical (unpaired) electrons. The Hall–Kier alpha value is -2.92. The highest BCUT2D eigenvalue weighted by atomic mass is 16.1. The molecule has 0 aliphatic rings. The molecule has 0 bridgehead atoms. The maximum absolute atomic E-state index is 12.8. The zero-order valence-corrected chi connectivity index (χ0v) is 15.9. The number of amides is 1. The van der Waals surface area contributed by atoms with E-state index in [1.807, 2.05) is 59.4 Å². The van der Waals surface area contributed by atoms with E-state index in [1.54, 1.807) is 0 Å². The number of nitrogens with one attached hydrogen (secondary N) is 2. The molecular weight excluding hydrogens is 336 g/mol. The van der Waals surface area contributed by atoms with Crippen molar-refractivity contribution >= 4 is 5.91 Å². The third kappa shape index (κ3) is 5.05. The van der Waals surface area contributed by atoms with Gasteiger partial charge >= 0.3 is 0 Å². The largest absolute Gasteiger partial charge is 0.350 e. The molecule has 2 aromatic carbocycles. The van der Waals surface area contributed by atoms with Crippen LogP contribution in [0.15, 0.2) is 66.9 Å². The van der Waals surface area contributed by atoms with Crippen LogP contribution in [0.4, 0.5) is 0 Å². The number of likely N-dealkylation sites (N-methyl/N-ethyl adjacent to an activating group) is 1. The SMILES string of the molecule is CCN[C@H](C)CNC(=O)c1cn(Cc2ccccc2)nc1-c1ccccc1. The number of aromatic nitrogens is 2. The predicted octanol–water partition coefficient (Wildman–Crippen LogP) is 3.33. The highest BCUT2D eigenvalue weighted by Gasteiger charge is 2.18. The van der Waals surface area contributed by atoms with Crippen LogP contribution in [0.2, 0.25) is 0 Å². The molecule has 27 heavy (non-hydrogen) atoms. The summed E-state index contributed by atoms with van der Waals surface area (Å²) in [5.41, 5.74) is 3.39. The Morgan fingerprint density at radius 2 is 1.74 bits per heavy atom. The molecular formula is C22H26N4O. The van der Waals surface area contributed by atoms with Crippen molar-refractivity contribution in [1.29, 1.82) is 0 Å². The zero-order chi connectivity index (χ0) is 19.1. The monoisotopic (exact) mass is 362 g/mol. The van der Waals surface area contributed by atoms with E-state index in [2.05, 4.69) is 36.6 Å². The first-order chi connectivity index (χ1) is 13.2. The maximum atomic E-state index is 12.8. The zero-order valence-electron chi connectivity index (χ0n) is 15.9. The molecule has 0 saturated carbocycles. The van der Waals surface area contributed by atoms with Gasteiger partial charge in [-0.3, -0.25) is 9.48 Å². The summed E-state index contributed by atoms with van der Waals surface area (Å²) in [5, 5.41) is 11.0. The number of benzene rings is 2. The van der Waals surface area contributed by atoms with Crippen LogP contribution in [0.5, 0.6) is 0 Å². The van der Waals surface area contributed by atoms with E-state index >= 15 is 0 Å². The second-order valence-electron chi connectivity index (χ2n) is 6.61. The molecule has 1 aromatic heterocycles. The van der Waals surface area contributed by atoms with Gasteiger partial charge in [-0.15, -0.1) is 0 Å². The van der Waals surface area contributed by atoms with E-state index in [1.165, 1.54) is 0 Å². The molecule has 0 unspecified atom stereocenters. The lowest BCUT2D eigenvalue weighted by Gasteiger charge is -2.13. The summed E-state index contributed by atoms with van der Waals surface area (Å²) in [6, 6.07) is 20.2. The second kappa shape index (κ2) is 9.14. The molecule has 0 aliphatic heterocycles.